The van der Waals surface area contributed by atoms with Crippen LogP contribution in [0.15, 0.2) is 12.1 Å². The number of hydrogen-bond donors (Lipinski definition) is 1. The van der Waals surface area contributed by atoms with Gasteiger partial charge in [0, 0.05) is 32.2 Å². The van der Waals surface area contributed by atoms with Gasteiger partial charge >= 0.3 is 0 Å². The van der Waals surface area contributed by atoms with Crippen molar-refractivity contribution in [2.75, 3.05) is 39.3 Å². The largest absolute Gasteiger partial charge is 0.396 e. The normalized spacial score (nSPS) is 24.7. The summed E-state index contributed by atoms with van der Waals surface area (Å²) in [6.07, 6.45) is 4.98. The zero-order valence-corrected chi connectivity index (χ0v) is 16.1. The maximum Gasteiger partial charge on any atom is 0.258 e. The number of aliphatic hydroxyl groups is 1. The molecular formula is C20H28ClFN2O2. The number of hydrogen-bond acceptors (Lipinski definition) is 3. The summed E-state index contributed by atoms with van der Waals surface area (Å²) in [7, 11) is 0. The summed E-state index contributed by atoms with van der Waals surface area (Å²) in [6.45, 7) is 5.87. The second-order valence-electron chi connectivity index (χ2n) is 7.68. The van der Waals surface area contributed by atoms with Gasteiger partial charge in [-0.1, -0.05) is 30.5 Å². The number of carbonyl (C=O) groups is 1. The van der Waals surface area contributed by atoms with Gasteiger partial charge in [0.2, 0.25) is 0 Å². The lowest BCUT2D eigenvalue weighted by molar-refractivity contribution is 0.0774. The molecular weight excluding hydrogens is 355 g/mol. The van der Waals surface area contributed by atoms with Gasteiger partial charge < -0.3 is 14.9 Å². The summed E-state index contributed by atoms with van der Waals surface area (Å²) in [5, 5.41) is 9.97. The molecule has 0 bridgehead atoms. The van der Waals surface area contributed by atoms with E-state index in [0.717, 1.165) is 19.6 Å². The second kappa shape index (κ2) is 8.68. The van der Waals surface area contributed by atoms with Gasteiger partial charge in [0.05, 0.1) is 10.6 Å². The fourth-order valence-corrected chi connectivity index (χ4v) is 4.41. The van der Waals surface area contributed by atoms with E-state index in [0.29, 0.717) is 18.7 Å². The van der Waals surface area contributed by atoms with Crippen LogP contribution in [0.1, 0.15) is 41.6 Å². The van der Waals surface area contributed by atoms with E-state index >= 15 is 0 Å². The molecule has 0 unspecified atom stereocenters. The van der Waals surface area contributed by atoms with E-state index in [1.165, 1.54) is 31.7 Å². The number of aliphatic hydroxyl groups excluding tert-OH is 1. The Balaban J connectivity index is 1.72. The molecule has 0 spiro atoms. The van der Waals surface area contributed by atoms with Crippen LogP contribution in [-0.2, 0) is 0 Å². The van der Waals surface area contributed by atoms with E-state index in [1.807, 2.05) is 0 Å². The second-order valence-corrected chi connectivity index (χ2v) is 8.06. The minimum atomic E-state index is -0.581. The van der Waals surface area contributed by atoms with E-state index in [9.17, 15) is 14.3 Å². The first-order valence-electron chi connectivity index (χ1n) is 9.58. The number of benzene rings is 1. The highest BCUT2D eigenvalue weighted by atomic mass is 35.5. The topological polar surface area (TPSA) is 43.8 Å². The van der Waals surface area contributed by atoms with E-state index in [-0.39, 0.29) is 34.9 Å². The van der Waals surface area contributed by atoms with Crippen LogP contribution < -0.4 is 0 Å². The molecule has 0 aromatic heterocycles. The molecule has 1 amide bonds. The summed E-state index contributed by atoms with van der Waals surface area (Å²) in [5.74, 6) is -0.697. The van der Waals surface area contributed by atoms with Gasteiger partial charge in [-0.3, -0.25) is 4.79 Å². The Labute approximate surface area is 159 Å². The van der Waals surface area contributed by atoms with Gasteiger partial charge in [0.15, 0.2) is 0 Å². The monoisotopic (exact) mass is 382 g/mol. The van der Waals surface area contributed by atoms with Crippen molar-refractivity contribution in [1.29, 1.82) is 0 Å². The predicted molar refractivity (Wildman–Crippen MR) is 101 cm³/mol. The third-order valence-electron chi connectivity index (χ3n) is 5.79. The van der Waals surface area contributed by atoms with E-state index in [2.05, 4.69) is 4.90 Å². The average molecular weight is 383 g/mol. The van der Waals surface area contributed by atoms with Crippen LogP contribution in [0.3, 0.4) is 0 Å². The minimum Gasteiger partial charge on any atom is -0.396 e. The van der Waals surface area contributed by atoms with E-state index in [1.54, 1.807) is 17.9 Å². The molecule has 26 heavy (non-hydrogen) atoms. The molecule has 2 atom stereocenters. The standard InChI is InChI=1S/C20H28ClFN2O2/c1-14-6-7-17(22)18(19(14)21)20(26)24-11-15(16(12-24)13-25)10-23-8-4-2-3-5-9-23/h6-7,15-16,25H,2-5,8-13H2,1H3/t15-,16-/m1/s1. The van der Waals surface area contributed by atoms with Crippen molar-refractivity contribution >= 4 is 17.5 Å². The Kier molecular flexibility index (Phi) is 6.54. The van der Waals surface area contributed by atoms with Crippen LogP contribution >= 0.6 is 11.6 Å². The van der Waals surface area contributed by atoms with E-state index < -0.39 is 5.82 Å². The van der Waals surface area contributed by atoms with Crippen molar-refractivity contribution in [2.24, 2.45) is 11.8 Å². The molecule has 2 heterocycles. The van der Waals surface area contributed by atoms with Crippen LogP contribution in [0.25, 0.3) is 0 Å². The van der Waals surface area contributed by atoms with Crippen LogP contribution in [-0.4, -0.2) is 60.1 Å². The van der Waals surface area contributed by atoms with Crippen LogP contribution in [0.2, 0.25) is 5.02 Å². The quantitative estimate of drug-likeness (QED) is 0.868. The van der Waals surface area contributed by atoms with Crippen LogP contribution in [0.5, 0.6) is 0 Å². The highest BCUT2D eigenvalue weighted by molar-refractivity contribution is 6.34. The SMILES string of the molecule is Cc1ccc(F)c(C(=O)N2C[C@@H](CN3CCCCCC3)[C@@H](CO)C2)c1Cl. The third-order valence-corrected chi connectivity index (χ3v) is 6.27. The van der Waals surface area contributed by atoms with Gasteiger partial charge in [0.1, 0.15) is 5.82 Å². The molecule has 3 rings (SSSR count). The molecule has 2 saturated heterocycles. The number of amides is 1. The van der Waals surface area contributed by atoms with Crippen molar-refractivity contribution in [3.63, 3.8) is 0 Å². The number of aryl methyl sites for hydroxylation is 1. The van der Waals surface area contributed by atoms with Crippen molar-refractivity contribution in [3.05, 3.63) is 34.1 Å². The first-order chi connectivity index (χ1) is 12.5. The summed E-state index contributed by atoms with van der Waals surface area (Å²) >= 11 is 6.21. The molecule has 1 aromatic rings. The zero-order chi connectivity index (χ0) is 18.7. The molecule has 2 aliphatic rings. The Morgan fingerprint density at radius 3 is 2.50 bits per heavy atom. The van der Waals surface area contributed by atoms with Crippen molar-refractivity contribution < 1.29 is 14.3 Å². The van der Waals surface area contributed by atoms with Gasteiger partial charge in [0.25, 0.3) is 5.91 Å². The number of nitrogens with zero attached hydrogens (tertiary/aromatic N) is 2. The summed E-state index contributed by atoms with van der Waals surface area (Å²) in [5.41, 5.74) is 0.647. The number of likely N-dealkylation sites (tertiary alicyclic amines) is 2. The summed E-state index contributed by atoms with van der Waals surface area (Å²) in [6, 6.07) is 2.87. The van der Waals surface area contributed by atoms with Crippen molar-refractivity contribution in [1.82, 2.24) is 9.80 Å². The minimum absolute atomic E-state index is 0.0360. The van der Waals surface area contributed by atoms with Gasteiger partial charge in [-0.25, -0.2) is 4.39 Å². The Morgan fingerprint density at radius 1 is 1.19 bits per heavy atom. The summed E-state index contributed by atoms with van der Waals surface area (Å²) < 4.78 is 14.2. The fourth-order valence-electron chi connectivity index (χ4n) is 4.18. The third kappa shape index (κ3) is 4.21. The fraction of sp³-hybridized carbons (Fsp3) is 0.650. The highest BCUT2D eigenvalue weighted by Crippen LogP contribution is 2.30. The molecule has 144 valence electrons. The highest BCUT2D eigenvalue weighted by Gasteiger charge is 2.37. The Hall–Kier alpha value is -1.17. The first-order valence-corrected chi connectivity index (χ1v) is 9.96. The molecule has 2 fully saturated rings. The van der Waals surface area contributed by atoms with Gasteiger partial charge in [-0.05, 0) is 50.4 Å². The van der Waals surface area contributed by atoms with Crippen molar-refractivity contribution in [2.45, 2.75) is 32.6 Å². The van der Waals surface area contributed by atoms with Gasteiger partial charge in [-0.15, -0.1) is 0 Å². The summed E-state index contributed by atoms with van der Waals surface area (Å²) in [4.78, 5) is 17.0. The van der Waals surface area contributed by atoms with Crippen molar-refractivity contribution in [3.8, 4) is 0 Å². The lowest BCUT2D eigenvalue weighted by atomic mass is 9.96. The molecule has 6 heteroatoms. The maximum absolute atomic E-state index is 14.2. The maximum atomic E-state index is 14.2. The van der Waals surface area contributed by atoms with Crippen LogP contribution in [0.4, 0.5) is 4.39 Å². The molecule has 0 radical (unpaired) electrons. The number of rotatable bonds is 4. The lowest BCUT2D eigenvalue weighted by Gasteiger charge is -2.26. The number of carbonyl (C=O) groups excluding carboxylic acids is 1. The van der Waals surface area contributed by atoms with E-state index in [4.69, 9.17) is 11.6 Å². The lowest BCUT2D eigenvalue weighted by Crippen LogP contribution is -2.35. The molecule has 1 N–H and O–H groups in total. The van der Waals surface area contributed by atoms with Crippen LogP contribution in [0, 0.1) is 24.6 Å². The Morgan fingerprint density at radius 2 is 1.85 bits per heavy atom. The zero-order valence-electron chi connectivity index (χ0n) is 15.4. The first kappa shape index (κ1) is 19.6. The number of halogens is 2. The average Bonchev–Trinajstić information content (AvgIpc) is 2.85. The molecule has 1 aromatic carbocycles. The smallest absolute Gasteiger partial charge is 0.258 e. The molecule has 0 aliphatic carbocycles. The molecule has 2 aliphatic heterocycles. The molecule has 4 nitrogen and oxygen atoms in total. The predicted octanol–water partition coefficient (Wildman–Crippen LogP) is 3.34. The Bertz CT molecular complexity index is 647. The molecule has 0 saturated carbocycles. The van der Waals surface area contributed by atoms with Gasteiger partial charge in [-0.2, -0.15) is 0 Å².